The van der Waals surface area contributed by atoms with Gasteiger partial charge in [-0.25, -0.2) is 0 Å². The van der Waals surface area contributed by atoms with Crippen LogP contribution in [0.1, 0.15) is 5.56 Å². The highest BCUT2D eigenvalue weighted by Gasteiger charge is 2.07. The van der Waals surface area contributed by atoms with Gasteiger partial charge in [-0.3, -0.25) is 4.90 Å². The highest BCUT2D eigenvalue weighted by molar-refractivity contribution is 6.32. The Kier molecular flexibility index (Phi) is 7.05. The highest BCUT2D eigenvalue weighted by atomic mass is 35.5. The summed E-state index contributed by atoms with van der Waals surface area (Å²) in [6.45, 7) is 3.77. The van der Waals surface area contributed by atoms with Crippen LogP contribution in [0.5, 0.6) is 5.75 Å². The minimum atomic E-state index is 0.112. The molecular formula is C13H20ClNO3. The van der Waals surface area contributed by atoms with Crippen molar-refractivity contribution in [3.8, 4) is 5.75 Å². The second kappa shape index (κ2) is 8.32. The number of methoxy groups -OCH3 is 2. The number of hydrogen-bond donors (Lipinski definition) is 1. The van der Waals surface area contributed by atoms with Crippen molar-refractivity contribution in [1.82, 2.24) is 4.90 Å². The summed E-state index contributed by atoms with van der Waals surface area (Å²) in [4.78, 5) is 2.22. The number of phenolic OH excluding ortho intramolecular Hbond substituents is 1. The van der Waals surface area contributed by atoms with Gasteiger partial charge in [0.1, 0.15) is 5.75 Å². The predicted octanol–water partition coefficient (Wildman–Crippen LogP) is 2.14. The van der Waals surface area contributed by atoms with Gasteiger partial charge in [0.25, 0.3) is 0 Å². The second-order valence-electron chi connectivity index (χ2n) is 4.05. The van der Waals surface area contributed by atoms with Gasteiger partial charge >= 0.3 is 0 Å². The van der Waals surface area contributed by atoms with Crippen molar-refractivity contribution < 1.29 is 14.6 Å². The molecule has 0 unspecified atom stereocenters. The van der Waals surface area contributed by atoms with Gasteiger partial charge in [0.2, 0.25) is 0 Å². The van der Waals surface area contributed by atoms with Crippen molar-refractivity contribution in [2.75, 3.05) is 40.5 Å². The Morgan fingerprint density at radius 3 is 2.28 bits per heavy atom. The molecular weight excluding hydrogens is 254 g/mol. The Labute approximate surface area is 113 Å². The first-order valence-corrected chi connectivity index (χ1v) is 6.22. The maximum Gasteiger partial charge on any atom is 0.134 e. The van der Waals surface area contributed by atoms with Gasteiger partial charge in [-0.15, -0.1) is 0 Å². The molecule has 0 aliphatic rings. The lowest BCUT2D eigenvalue weighted by Gasteiger charge is -2.21. The largest absolute Gasteiger partial charge is 0.506 e. The van der Waals surface area contributed by atoms with Crippen molar-refractivity contribution >= 4 is 11.6 Å². The van der Waals surface area contributed by atoms with Crippen LogP contribution in [-0.4, -0.2) is 50.5 Å². The number of nitrogens with zero attached hydrogens (tertiary/aromatic N) is 1. The van der Waals surface area contributed by atoms with E-state index >= 15 is 0 Å². The number of rotatable bonds is 8. The summed E-state index contributed by atoms with van der Waals surface area (Å²) in [5, 5.41) is 9.76. The summed E-state index contributed by atoms with van der Waals surface area (Å²) < 4.78 is 10.2. The number of ether oxygens (including phenoxy) is 2. The Balaban J connectivity index is 2.59. The Morgan fingerprint density at radius 2 is 1.78 bits per heavy atom. The molecule has 0 radical (unpaired) electrons. The summed E-state index contributed by atoms with van der Waals surface area (Å²) in [5.41, 5.74) is 1.06. The summed E-state index contributed by atoms with van der Waals surface area (Å²) in [6.07, 6.45) is 0. The monoisotopic (exact) mass is 273 g/mol. The molecule has 0 saturated carbocycles. The lowest BCUT2D eigenvalue weighted by molar-refractivity contribution is 0.110. The molecule has 18 heavy (non-hydrogen) atoms. The third kappa shape index (κ3) is 5.23. The summed E-state index contributed by atoms with van der Waals surface area (Å²) in [5.74, 6) is 0.112. The quantitative estimate of drug-likeness (QED) is 0.788. The molecule has 0 saturated heterocycles. The zero-order valence-corrected chi connectivity index (χ0v) is 11.6. The molecule has 0 aliphatic carbocycles. The molecule has 5 heteroatoms. The van der Waals surface area contributed by atoms with E-state index < -0.39 is 0 Å². The van der Waals surface area contributed by atoms with Gasteiger partial charge in [-0.2, -0.15) is 0 Å². The van der Waals surface area contributed by atoms with Gasteiger partial charge in [-0.1, -0.05) is 17.7 Å². The van der Waals surface area contributed by atoms with Crippen LogP contribution in [-0.2, 0) is 16.0 Å². The number of halogens is 1. The van der Waals surface area contributed by atoms with Crippen LogP contribution in [0, 0.1) is 0 Å². The fourth-order valence-corrected chi connectivity index (χ4v) is 1.82. The smallest absolute Gasteiger partial charge is 0.134 e. The first-order valence-electron chi connectivity index (χ1n) is 5.85. The van der Waals surface area contributed by atoms with Gasteiger partial charge in [0, 0.05) is 33.9 Å². The number of aromatic hydroxyl groups is 1. The molecule has 1 rings (SSSR count). The van der Waals surface area contributed by atoms with Gasteiger partial charge < -0.3 is 14.6 Å². The van der Waals surface area contributed by atoms with Crippen LogP contribution in [0.3, 0.4) is 0 Å². The molecule has 0 aromatic heterocycles. The Hall–Kier alpha value is -0.810. The van der Waals surface area contributed by atoms with Gasteiger partial charge in [-0.05, 0) is 17.7 Å². The van der Waals surface area contributed by atoms with Crippen LogP contribution in [0.25, 0.3) is 0 Å². The summed E-state index contributed by atoms with van der Waals surface area (Å²) in [6, 6.07) is 5.26. The normalized spacial score (nSPS) is 11.1. The lowest BCUT2D eigenvalue weighted by atomic mass is 10.2. The molecule has 0 atom stereocenters. The SMILES string of the molecule is COCCN(CCOC)Cc1ccc(O)c(Cl)c1. The fourth-order valence-electron chi connectivity index (χ4n) is 1.62. The van der Waals surface area contributed by atoms with E-state index in [2.05, 4.69) is 4.90 Å². The molecule has 0 aliphatic heterocycles. The average Bonchev–Trinajstić information content (AvgIpc) is 2.37. The van der Waals surface area contributed by atoms with Crippen molar-refractivity contribution in [2.45, 2.75) is 6.54 Å². The van der Waals surface area contributed by atoms with Crippen molar-refractivity contribution in [3.63, 3.8) is 0 Å². The van der Waals surface area contributed by atoms with E-state index in [-0.39, 0.29) is 5.75 Å². The standard InChI is InChI=1S/C13H20ClNO3/c1-17-7-5-15(6-8-18-2)10-11-3-4-13(16)12(14)9-11/h3-4,9,16H,5-8,10H2,1-2H3. The van der Waals surface area contributed by atoms with Gasteiger partial charge in [0.15, 0.2) is 0 Å². The lowest BCUT2D eigenvalue weighted by Crippen LogP contribution is -2.30. The Morgan fingerprint density at radius 1 is 1.17 bits per heavy atom. The van der Waals surface area contributed by atoms with Crippen LogP contribution in [0.2, 0.25) is 5.02 Å². The number of benzene rings is 1. The second-order valence-corrected chi connectivity index (χ2v) is 4.45. The third-order valence-corrected chi connectivity index (χ3v) is 2.94. The first-order chi connectivity index (χ1) is 8.67. The highest BCUT2D eigenvalue weighted by Crippen LogP contribution is 2.24. The minimum Gasteiger partial charge on any atom is -0.506 e. The zero-order chi connectivity index (χ0) is 13.4. The van der Waals surface area contributed by atoms with Crippen LogP contribution in [0.15, 0.2) is 18.2 Å². The first kappa shape index (κ1) is 15.2. The molecule has 0 amide bonds. The molecule has 102 valence electrons. The van der Waals surface area contributed by atoms with E-state index in [9.17, 15) is 5.11 Å². The molecule has 1 N–H and O–H groups in total. The van der Waals surface area contributed by atoms with Gasteiger partial charge in [0.05, 0.1) is 18.2 Å². The maximum absolute atomic E-state index is 9.38. The summed E-state index contributed by atoms with van der Waals surface area (Å²) >= 11 is 5.89. The third-order valence-electron chi connectivity index (χ3n) is 2.64. The molecule has 0 spiro atoms. The molecule has 1 aromatic carbocycles. The van der Waals surface area contributed by atoms with E-state index in [1.54, 1.807) is 26.4 Å². The van der Waals surface area contributed by atoms with E-state index in [0.717, 1.165) is 25.2 Å². The van der Waals surface area contributed by atoms with Crippen molar-refractivity contribution in [1.29, 1.82) is 0 Å². The van der Waals surface area contributed by atoms with Crippen molar-refractivity contribution in [2.24, 2.45) is 0 Å². The van der Waals surface area contributed by atoms with Crippen LogP contribution in [0.4, 0.5) is 0 Å². The van der Waals surface area contributed by atoms with E-state index in [1.807, 2.05) is 6.07 Å². The molecule has 1 aromatic rings. The number of phenols is 1. The number of hydrogen-bond acceptors (Lipinski definition) is 4. The van der Waals surface area contributed by atoms with E-state index in [4.69, 9.17) is 21.1 Å². The van der Waals surface area contributed by atoms with Crippen molar-refractivity contribution in [3.05, 3.63) is 28.8 Å². The summed E-state index contributed by atoms with van der Waals surface area (Å²) in [7, 11) is 3.37. The fraction of sp³-hybridized carbons (Fsp3) is 0.538. The molecule has 0 fully saturated rings. The molecule has 0 bridgehead atoms. The predicted molar refractivity (Wildman–Crippen MR) is 72.1 cm³/mol. The topological polar surface area (TPSA) is 41.9 Å². The van der Waals surface area contributed by atoms with Crippen LogP contribution >= 0.6 is 11.6 Å². The zero-order valence-electron chi connectivity index (χ0n) is 10.9. The van der Waals surface area contributed by atoms with Crippen LogP contribution < -0.4 is 0 Å². The molecule has 4 nitrogen and oxygen atoms in total. The van der Waals surface area contributed by atoms with E-state index in [0.29, 0.717) is 18.2 Å². The Bertz CT molecular complexity index is 352. The molecule has 0 heterocycles. The maximum atomic E-state index is 9.38. The minimum absolute atomic E-state index is 0.112. The average molecular weight is 274 g/mol. The van der Waals surface area contributed by atoms with E-state index in [1.165, 1.54) is 0 Å².